The number of benzene rings is 1. The SMILES string of the molecule is C[C@@H]1CN(c2cc(=O)n(C)c3ncccc23)C/C(=C\N2CC(c3ccc(N4CCN(C)CC4)cc3)C2)O1. The van der Waals surface area contributed by atoms with E-state index in [-0.39, 0.29) is 11.7 Å². The van der Waals surface area contributed by atoms with Gasteiger partial charge in [-0.05, 0) is 43.8 Å². The van der Waals surface area contributed by atoms with Crippen LogP contribution in [-0.2, 0) is 11.8 Å². The van der Waals surface area contributed by atoms with Gasteiger partial charge in [-0.15, -0.1) is 0 Å². The van der Waals surface area contributed by atoms with E-state index in [1.807, 2.05) is 12.1 Å². The van der Waals surface area contributed by atoms with Crippen LogP contribution in [0.1, 0.15) is 18.4 Å². The normalized spacial score (nSPS) is 22.4. The van der Waals surface area contributed by atoms with Gasteiger partial charge in [-0.25, -0.2) is 4.98 Å². The third-order valence-corrected chi connectivity index (χ3v) is 7.96. The number of morpholine rings is 1. The van der Waals surface area contributed by atoms with Crippen LogP contribution in [0.5, 0.6) is 0 Å². The lowest BCUT2D eigenvalue weighted by molar-refractivity contribution is 0.101. The number of hydrogen-bond donors (Lipinski definition) is 0. The topological polar surface area (TPSA) is 57.1 Å². The van der Waals surface area contributed by atoms with E-state index in [4.69, 9.17) is 4.74 Å². The summed E-state index contributed by atoms with van der Waals surface area (Å²) >= 11 is 0. The van der Waals surface area contributed by atoms with E-state index in [1.54, 1.807) is 23.9 Å². The van der Waals surface area contributed by atoms with Crippen LogP contribution in [0.15, 0.2) is 65.4 Å². The summed E-state index contributed by atoms with van der Waals surface area (Å²) < 4.78 is 7.82. The minimum Gasteiger partial charge on any atom is -0.490 e. The van der Waals surface area contributed by atoms with Crippen molar-refractivity contribution in [1.29, 1.82) is 0 Å². The number of fused-ring (bicyclic) bond motifs is 1. The Morgan fingerprint density at radius 1 is 0.973 bits per heavy atom. The lowest BCUT2D eigenvalue weighted by atomic mass is 9.91. The second kappa shape index (κ2) is 9.74. The van der Waals surface area contributed by atoms with Gasteiger partial charge in [0.05, 0.1) is 18.8 Å². The van der Waals surface area contributed by atoms with Crippen LogP contribution in [0.3, 0.4) is 0 Å². The third kappa shape index (κ3) is 4.78. The van der Waals surface area contributed by atoms with Crippen LogP contribution in [-0.4, -0.2) is 84.9 Å². The fourth-order valence-electron chi connectivity index (χ4n) is 5.73. The molecule has 1 aromatic carbocycles. The Morgan fingerprint density at radius 2 is 1.73 bits per heavy atom. The number of hydrogen-bond acceptors (Lipinski definition) is 7. The van der Waals surface area contributed by atoms with Crippen LogP contribution in [0.2, 0.25) is 0 Å². The van der Waals surface area contributed by atoms with Crippen molar-refractivity contribution in [1.82, 2.24) is 19.4 Å². The van der Waals surface area contributed by atoms with E-state index in [1.165, 1.54) is 11.3 Å². The Bertz CT molecular complexity index is 1350. The van der Waals surface area contributed by atoms with Gasteiger partial charge in [0.15, 0.2) is 0 Å². The number of rotatable bonds is 4. The van der Waals surface area contributed by atoms with E-state index in [0.717, 1.165) is 62.6 Å². The smallest absolute Gasteiger partial charge is 0.253 e. The molecule has 6 rings (SSSR count). The Balaban J connectivity index is 1.12. The molecule has 8 nitrogen and oxygen atoms in total. The third-order valence-electron chi connectivity index (χ3n) is 7.96. The summed E-state index contributed by atoms with van der Waals surface area (Å²) in [6.07, 6.45) is 3.94. The van der Waals surface area contributed by atoms with Crippen molar-refractivity contribution >= 4 is 22.4 Å². The predicted octanol–water partition coefficient (Wildman–Crippen LogP) is 2.85. The molecule has 0 bridgehead atoms. The van der Waals surface area contributed by atoms with Crippen molar-refractivity contribution in [3.63, 3.8) is 0 Å². The summed E-state index contributed by atoms with van der Waals surface area (Å²) in [6.45, 7) is 9.89. The van der Waals surface area contributed by atoms with E-state index < -0.39 is 0 Å². The number of pyridine rings is 2. The average molecular weight is 501 g/mol. The van der Waals surface area contributed by atoms with Crippen molar-refractivity contribution in [2.45, 2.75) is 18.9 Å². The summed E-state index contributed by atoms with van der Waals surface area (Å²) in [5.74, 6) is 1.49. The first-order chi connectivity index (χ1) is 17.9. The van der Waals surface area contributed by atoms with E-state index >= 15 is 0 Å². The van der Waals surface area contributed by atoms with Gasteiger partial charge in [0, 0.05) is 81.8 Å². The lowest BCUT2D eigenvalue weighted by Gasteiger charge is -2.41. The Morgan fingerprint density at radius 3 is 2.49 bits per heavy atom. The van der Waals surface area contributed by atoms with Gasteiger partial charge in [0.1, 0.15) is 17.5 Å². The molecule has 3 aliphatic heterocycles. The first-order valence-electron chi connectivity index (χ1n) is 13.3. The highest BCUT2D eigenvalue weighted by Gasteiger charge is 2.29. The van der Waals surface area contributed by atoms with Crippen LogP contribution in [0.25, 0.3) is 11.0 Å². The highest BCUT2D eigenvalue weighted by molar-refractivity contribution is 5.89. The molecule has 194 valence electrons. The van der Waals surface area contributed by atoms with Gasteiger partial charge >= 0.3 is 0 Å². The molecule has 0 radical (unpaired) electrons. The summed E-state index contributed by atoms with van der Waals surface area (Å²) in [6, 6.07) is 14.9. The molecule has 8 heteroatoms. The molecule has 0 unspecified atom stereocenters. The molecule has 0 amide bonds. The Labute approximate surface area is 218 Å². The number of likely N-dealkylation sites (N-methyl/N-ethyl adjacent to an activating group) is 1. The molecular formula is C29H36N6O2. The number of aryl methyl sites for hydroxylation is 1. The highest BCUT2D eigenvalue weighted by atomic mass is 16.5. The summed E-state index contributed by atoms with van der Waals surface area (Å²) in [7, 11) is 3.97. The van der Waals surface area contributed by atoms with Gasteiger partial charge in [-0.2, -0.15) is 0 Å². The van der Waals surface area contributed by atoms with Crippen LogP contribution < -0.4 is 15.4 Å². The molecule has 5 heterocycles. The summed E-state index contributed by atoms with van der Waals surface area (Å²) in [5.41, 5.74) is 4.33. The van der Waals surface area contributed by atoms with Crippen molar-refractivity contribution in [2.24, 2.45) is 7.05 Å². The number of aromatic nitrogens is 2. The van der Waals surface area contributed by atoms with Gasteiger partial charge in [0.2, 0.25) is 0 Å². The van der Waals surface area contributed by atoms with Crippen molar-refractivity contribution in [2.75, 3.05) is 69.2 Å². The molecule has 0 aliphatic carbocycles. The van der Waals surface area contributed by atoms with Crippen LogP contribution >= 0.6 is 0 Å². The quantitative estimate of drug-likeness (QED) is 0.546. The Kier molecular flexibility index (Phi) is 6.28. The maximum atomic E-state index is 12.6. The zero-order chi connectivity index (χ0) is 25.5. The molecule has 0 spiro atoms. The minimum absolute atomic E-state index is 0.0370. The standard InChI is InChI=1S/C29H36N6O2/c1-21-16-35(27-15-28(36)32(3)29-26(27)5-4-10-30-29)20-25(37-21)19-33-17-23(18-33)22-6-8-24(9-7-22)34-13-11-31(2)12-14-34/h4-10,15,19,21,23H,11-14,16-18,20H2,1-3H3/b25-19+/t21-/m1/s1. The van der Waals surface area contributed by atoms with E-state index in [9.17, 15) is 4.79 Å². The highest BCUT2D eigenvalue weighted by Crippen LogP contribution is 2.32. The van der Waals surface area contributed by atoms with Gasteiger partial charge in [-0.3, -0.25) is 9.36 Å². The predicted molar refractivity (Wildman–Crippen MR) is 148 cm³/mol. The second-order valence-electron chi connectivity index (χ2n) is 10.7. The molecule has 3 saturated heterocycles. The molecular weight excluding hydrogens is 464 g/mol. The van der Waals surface area contributed by atoms with E-state index in [2.05, 4.69) is 69.0 Å². The van der Waals surface area contributed by atoms with E-state index in [0.29, 0.717) is 18.1 Å². The Hall–Kier alpha value is -3.52. The zero-order valence-corrected chi connectivity index (χ0v) is 22.0. The zero-order valence-electron chi connectivity index (χ0n) is 22.0. The number of likely N-dealkylation sites (tertiary alicyclic amines) is 1. The number of piperazine rings is 1. The fraction of sp³-hybridized carbons (Fsp3) is 0.448. The molecule has 37 heavy (non-hydrogen) atoms. The van der Waals surface area contributed by atoms with Gasteiger partial charge < -0.3 is 24.3 Å². The first kappa shape index (κ1) is 23.9. The van der Waals surface area contributed by atoms with Gasteiger partial charge in [0.25, 0.3) is 5.56 Å². The molecule has 3 aromatic rings. The van der Waals surface area contributed by atoms with Crippen molar-refractivity contribution in [3.8, 4) is 0 Å². The molecule has 0 saturated carbocycles. The fourth-order valence-corrected chi connectivity index (χ4v) is 5.73. The van der Waals surface area contributed by atoms with Gasteiger partial charge in [-0.1, -0.05) is 12.1 Å². The summed E-state index contributed by atoms with van der Waals surface area (Å²) in [4.78, 5) is 26.5. The molecule has 3 fully saturated rings. The molecule has 3 aliphatic rings. The second-order valence-corrected chi connectivity index (χ2v) is 10.7. The average Bonchev–Trinajstić information content (AvgIpc) is 2.88. The molecule has 1 atom stereocenters. The van der Waals surface area contributed by atoms with Crippen LogP contribution in [0, 0.1) is 0 Å². The molecule has 0 N–H and O–H groups in total. The number of anilines is 2. The minimum atomic E-state index is -0.0462. The monoisotopic (exact) mass is 500 g/mol. The van der Waals surface area contributed by atoms with Crippen molar-refractivity contribution in [3.05, 3.63) is 76.5 Å². The number of nitrogens with zero attached hydrogens (tertiary/aromatic N) is 6. The largest absolute Gasteiger partial charge is 0.490 e. The first-order valence-corrected chi connectivity index (χ1v) is 13.3. The molecule has 2 aromatic heterocycles. The number of ether oxygens (including phenoxy) is 1. The maximum absolute atomic E-state index is 12.6. The lowest BCUT2D eigenvalue weighted by Crippen LogP contribution is -2.45. The summed E-state index contributed by atoms with van der Waals surface area (Å²) in [5, 5.41) is 0.988. The maximum Gasteiger partial charge on any atom is 0.253 e. The van der Waals surface area contributed by atoms with Crippen LogP contribution in [0.4, 0.5) is 11.4 Å². The van der Waals surface area contributed by atoms with Crippen molar-refractivity contribution < 1.29 is 4.74 Å².